The first kappa shape index (κ1) is 26.5. The van der Waals surface area contributed by atoms with Crippen LogP contribution in [-0.2, 0) is 0 Å². The summed E-state index contributed by atoms with van der Waals surface area (Å²) in [4.78, 5) is 29.7. The van der Waals surface area contributed by atoms with Crippen LogP contribution in [0.15, 0.2) is 63.8 Å². The lowest BCUT2D eigenvalue weighted by Gasteiger charge is -2.26. The number of hydrogen-bond donors (Lipinski definition) is 0. The van der Waals surface area contributed by atoms with Crippen molar-refractivity contribution in [3.05, 3.63) is 98.4 Å². The molecule has 6 nitrogen and oxygen atoms in total. The smallest absolute Gasteiger partial charge is 0.295 e. The third-order valence-corrected chi connectivity index (χ3v) is 7.30. The number of ether oxygens (including phenoxy) is 2. The standard InChI is InChI=1S/C33H35NO5/c1-7-37-28-18-23(11-12-26(28)38-14-13-19(2)3)30-29-31(35)25-16-21(5)22(6)17-27(25)39-32(29)33(36)34(30)24-10-8-9-20(4)15-24/h8-12,15-19,30H,7,13-14H2,1-6H3. The molecular formula is C33H35NO5. The summed E-state index contributed by atoms with van der Waals surface area (Å²) >= 11 is 0. The first-order valence-electron chi connectivity index (χ1n) is 13.6. The molecule has 0 bridgehead atoms. The lowest BCUT2D eigenvalue weighted by Crippen LogP contribution is -2.29. The SMILES string of the molecule is CCOc1cc(C2c3c(oc4cc(C)c(C)cc4c3=O)C(=O)N2c2cccc(C)c2)ccc1OCCC(C)C. The highest BCUT2D eigenvalue weighted by molar-refractivity contribution is 6.10. The molecule has 1 atom stereocenters. The first-order chi connectivity index (χ1) is 18.7. The molecule has 0 aliphatic carbocycles. The van der Waals surface area contributed by atoms with Gasteiger partial charge in [-0.2, -0.15) is 0 Å². The van der Waals surface area contributed by atoms with E-state index in [1.165, 1.54) is 0 Å². The highest BCUT2D eigenvalue weighted by atomic mass is 16.5. The zero-order valence-corrected chi connectivity index (χ0v) is 23.5. The van der Waals surface area contributed by atoms with Gasteiger partial charge in [0.05, 0.1) is 30.2 Å². The summed E-state index contributed by atoms with van der Waals surface area (Å²) in [5, 5.41) is 0.472. The van der Waals surface area contributed by atoms with Crippen LogP contribution in [0.5, 0.6) is 11.5 Å². The number of rotatable bonds is 8. The minimum atomic E-state index is -0.680. The summed E-state index contributed by atoms with van der Waals surface area (Å²) in [5.41, 5.74) is 5.01. The summed E-state index contributed by atoms with van der Waals surface area (Å²) in [7, 11) is 0. The number of carbonyl (C=O) groups is 1. The highest BCUT2D eigenvalue weighted by Gasteiger charge is 2.44. The van der Waals surface area contributed by atoms with Gasteiger partial charge in [-0.1, -0.05) is 32.0 Å². The zero-order valence-electron chi connectivity index (χ0n) is 23.5. The molecule has 4 aromatic rings. The van der Waals surface area contributed by atoms with Crippen molar-refractivity contribution in [2.75, 3.05) is 18.1 Å². The number of amides is 1. The molecule has 0 saturated heterocycles. The van der Waals surface area contributed by atoms with Crippen molar-refractivity contribution < 1.29 is 18.7 Å². The molecule has 0 radical (unpaired) electrons. The maximum absolute atomic E-state index is 14.0. The van der Waals surface area contributed by atoms with Gasteiger partial charge in [0.2, 0.25) is 5.76 Å². The molecule has 39 heavy (non-hydrogen) atoms. The molecule has 0 spiro atoms. The quantitative estimate of drug-likeness (QED) is 0.242. The van der Waals surface area contributed by atoms with Crippen molar-refractivity contribution >= 4 is 22.6 Å². The van der Waals surface area contributed by atoms with Crippen molar-refractivity contribution in [2.24, 2.45) is 5.92 Å². The molecule has 1 aromatic heterocycles. The van der Waals surface area contributed by atoms with E-state index in [0.29, 0.717) is 52.9 Å². The molecule has 0 fully saturated rings. The van der Waals surface area contributed by atoms with Crippen LogP contribution >= 0.6 is 0 Å². The first-order valence-corrected chi connectivity index (χ1v) is 13.6. The second kappa shape index (κ2) is 10.6. The largest absolute Gasteiger partial charge is 0.490 e. The van der Waals surface area contributed by atoms with Crippen LogP contribution in [-0.4, -0.2) is 19.1 Å². The molecule has 2 heterocycles. The van der Waals surface area contributed by atoms with Crippen molar-refractivity contribution in [1.29, 1.82) is 0 Å². The summed E-state index contributed by atoms with van der Waals surface area (Å²) in [6.45, 7) is 13.2. The van der Waals surface area contributed by atoms with Crippen LogP contribution in [0.1, 0.15) is 71.6 Å². The topological polar surface area (TPSA) is 69.0 Å². The third kappa shape index (κ3) is 4.91. The van der Waals surface area contributed by atoms with E-state index in [2.05, 4.69) is 13.8 Å². The molecule has 6 heteroatoms. The van der Waals surface area contributed by atoms with Gasteiger partial charge in [-0.25, -0.2) is 0 Å². The maximum atomic E-state index is 14.0. The maximum Gasteiger partial charge on any atom is 0.295 e. The molecule has 202 valence electrons. The lowest BCUT2D eigenvalue weighted by atomic mass is 9.96. The van der Waals surface area contributed by atoms with Crippen LogP contribution in [0.25, 0.3) is 11.0 Å². The van der Waals surface area contributed by atoms with E-state index in [1.807, 2.05) is 82.3 Å². The Balaban J connectivity index is 1.71. The van der Waals surface area contributed by atoms with Gasteiger partial charge in [-0.15, -0.1) is 0 Å². The molecule has 1 aliphatic heterocycles. The number of fused-ring (bicyclic) bond motifs is 2. The van der Waals surface area contributed by atoms with Crippen LogP contribution in [0.4, 0.5) is 5.69 Å². The lowest BCUT2D eigenvalue weighted by molar-refractivity contribution is 0.0971. The monoisotopic (exact) mass is 525 g/mol. The van der Waals surface area contributed by atoms with E-state index in [0.717, 1.165) is 28.7 Å². The summed E-state index contributed by atoms with van der Waals surface area (Å²) < 4.78 is 18.2. The van der Waals surface area contributed by atoms with Crippen molar-refractivity contribution in [2.45, 2.75) is 54.0 Å². The molecular weight excluding hydrogens is 490 g/mol. The summed E-state index contributed by atoms with van der Waals surface area (Å²) in [5.74, 6) is 1.49. The van der Waals surface area contributed by atoms with E-state index in [-0.39, 0.29) is 17.1 Å². The second-order valence-corrected chi connectivity index (χ2v) is 10.7. The van der Waals surface area contributed by atoms with Crippen LogP contribution in [0.3, 0.4) is 0 Å². The molecule has 1 unspecified atom stereocenters. The highest BCUT2D eigenvalue weighted by Crippen LogP contribution is 2.43. The number of carbonyl (C=O) groups excluding carboxylic acids is 1. The Labute approximate surface area is 229 Å². The molecule has 1 amide bonds. The van der Waals surface area contributed by atoms with Gasteiger partial charge in [0.25, 0.3) is 5.91 Å². The number of nitrogens with zero attached hydrogens (tertiary/aromatic N) is 1. The van der Waals surface area contributed by atoms with E-state index in [1.54, 1.807) is 4.90 Å². The van der Waals surface area contributed by atoms with Gasteiger partial charge in [-0.05, 0) is 98.7 Å². The zero-order chi connectivity index (χ0) is 27.8. The Morgan fingerprint density at radius 2 is 1.69 bits per heavy atom. The van der Waals surface area contributed by atoms with Crippen LogP contribution in [0.2, 0.25) is 0 Å². The fourth-order valence-corrected chi connectivity index (χ4v) is 5.07. The van der Waals surface area contributed by atoms with Gasteiger partial charge >= 0.3 is 0 Å². The minimum absolute atomic E-state index is 0.0810. The Bertz CT molecular complexity index is 1620. The Kier molecular flexibility index (Phi) is 7.21. The average molecular weight is 526 g/mol. The molecule has 0 saturated carbocycles. The van der Waals surface area contributed by atoms with Gasteiger partial charge in [-0.3, -0.25) is 14.5 Å². The Hall–Kier alpha value is -4.06. The third-order valence-electron chi connectivity index (χ3n) is 7.30. The summed E-state index contributed by atoms with van der Waals surface area (Å²) in [6.07, 6.45) is 0.923. The van der Waals surface area contributed by atoms with Crippen LogP contribution in [0, 0.1) is 26.7 Å². The number of benzene rings is 3. The molecule has 5 rings (SSSR count). The fourth-order valence-electron chi connectivity index (χ4n) is 5.07. The van der Waals surface area contributed by atoms with E-state index < -0.39 is 6.04 Å². The van der Waals surface area contributed by atoms with Crippen molar-refractivity contribution in [3.8, 4) is 11.5 Å². The fraction of sp³-hybridized carbons (Fsp3) is 0.333. The number of hydrogen-bond acceptors (Lipinski definition) is 5. The number of anilines is 1. The number of aryl methyl sites for hydroxylation is 3. The van der Waals surface area contributed by atoms with Gasteiger partial charge in [0.1, 0.15) is 5.58 Å². The Morgan fingerprint density at radius 1 is 0.923 bits per heavy atom. The Morgan fingerprint density at radius 3 is 2.41 bits per heavy atom. The predicted octanol–water partition coefficient (Wildman–Crippen LogP) is 7.29. The van der Waals surface area contributed by atoms with Crippen molar-refractivity contribution in [3.63, 3.8) is 0 Å². The average Bonchev–Trinajstić information content (AvgIpc) is 3.18. The minimum Gasteiger partial charge on any atom is -0.490 e. The van der Waals surface area contributed by atoms with Gasteiger partial charge in [0, 0.05) is 5.69 Å². The van der Waals surface area contributed by atoms with E-state index in [9.17, 15) is 9.59 Å². The molecule has 3 aromatic carbocycles. The second-order valence-electron chi connectivity index (χ2n) is 10.7. The van der Waals surface area contributed by atoms with Crippen LogP contribution < -0.4 is 19.8 Å². The summed E-state index contributed by atoms with van der Waals surface area (Å²) in [6, 6.07) is 16.4. The predicted molar refractivity (Wildman–Crippen MR) is 154 cm³/mol. The molecule has 0 N–H and O–H groups in total. The van der Waals surface area contributed by atoms with E-state index >= 15 is 0 Å². The normalized spacial score (nSPS) is 14.8. The van der Waals surface area contributed by atoms with Gasteiger partial charge in [0.15, 0.2) is 16.9 Å². The van der Waals surface area contributed by atoms with Crippen molar-refractivity contribution in [1.82, 2.24) is 0 Å². The molecule has 1 aliphatic rings. The van der Waals surface area contributed by atoms with E-state index in [4.69, 9.17) is 13.9 Å². The van der Waals surface area contributed by atoms with Gasteiger partial charge < -0.3 is 13.9 Å².